The van der Waals surface area contributed by atoms with Gasteiger partial charge in [0.15, 0.2) is 11.5 Å². The molecule has 1 aliphatic heterocycles. The van der Waals surface area contributed by atoms with Gasteiger partial charge in [-0.1, -0.05) is 50.9 Å². The minimum Gasteiger partial charge on any atom is -0.340 e. The van der Waals surface area contributed by atoms with E-state index in [1.165, 1.54) is 23.1 Å². The molecule has 0 bridgehead atoms. The lowest BCUT2D eigenvalue weighted by Gasteiger charge is -2.40. The maximum atomic E-state index is 15.6. The predicted octanol–water partition coefficient (Wildman–Crippen LogP) is 3.52. The zero-order valence-electron chi connectivity index (χ0n) is 27.6. The highest BCUT2D eigenvalue weighted by atomic mass is 19.3. The summed E-state index contributed by atoms with van der Waals surface area (Å²) < 4.78 is 46.9. The summed E-state index contributed by atoms with van der Waals surface area (Å²) in [4.78, 5) is 56.0. The van der Waals surface area contributed by atoms with E-state index < -0.39 is 48.0 Å². The summed E-state index contributed by atoms with van der Waals surface area (Å²) in [6.45, 7) is 8.71. The van der Waals surface area contributed by atoms with Gasteiger partial charge in [-0.15, -0.1) is 0 Å². The lowest BCUT2D eigenvalue weighted by atomic mass is 9.77. The second-order valence-electron chi connectivity index (χ2n) is 13.1. The number of amides is 3. The summed E-state index contributed by atoms with van der Waals surface area (Å²) in [5.41, 5.74) is 0.753. The van der Waals surface area contributed by atoms with Gasteiger partial charge in [-0.3, -0.25) is 19.2 Å². The number of alkyl halides is 2. The number of Topliss-reactive ketones (excluding diaryl/α,β-unsaturated/α-hetero) is 1. The van der Waals surface area contributed by atoms with Crippen LogP contribution in [0.25, 0.3) is 0 Å². The highest BCUT2D eigenvalue weighted by molar-refractivity contribution is 5.97. The number of ketones is 1. The van der Waals surface area contributed by atoms with Crippen LogP contribution < -0.4 is 10.6 Å². The van der Waals surface area contributed by atoms with E-state index in [-0.39, 0.29) is 35.4 Å². The molecule has 3 amide bonds. The van der Waals surface area contributed by atoms with Crippen molar-refractivity contribution in [2.75, 3.05) is 26.7 Å². The summed E-state index contributed by atoms with van der Waals surface area (Å²) in [5.74, 6) is -4.29. The smallest absolute Gasteiger partial charge is 0.315 e. The molecular formula is C33H45F3N6O5. The SMILES string of the molecule is CCc1nonc1C(=O)N[C@H](C(=O)Cc1ccc([C@H](C)[C@@H](NC(=O)C(F)F)C(=O)N2CCN(C)[C@@H](C)C2)cc1F)C1CCC(C)CC1. The van der Waals surface area contributed by atoms with Crippen molar-refractivity contribution in [1.82, 2.24) is 30.7 Å². The van der Waals surface area contributed by atoms with Crippen LogP contribution in [-0.4, -0.2) is 94.9 Å². The minimum absolute atomic E-state index is 0.00747. The molecule has 11 nitrogen and oxygen atoms in total. The fourth-order valence-corrected chi connectivity index (χ4v) is 6.44. The van der Waals surface area contributed by atoms with E-state index in [9.17, 15) is 28.0 Å². The number of likely N-dealkylation sites (N-methyl/N-ethyl adjacent to an activating group) is 1. The number of nitrogens with zero attached hydrogens (tertiary/aromatic N) is 4. The van der Waals surface area contributed by atoms with E-state index in [0.717, 1.165) is 25.7 Å². The van der Waals surface area contributed by atoms with E-state index in [1.54, 1.807) is 13.8 Å². The van der Waals surface area contributed by atoms with Crippen LogP contribution in [0.15, 0.2) is 22.8 Å². The van der Waals surface area contributed by atoms with Gasteiger partial charge in [0.2, 0.25) is 5.91 Å². The second-order valence-corrected chi connectivity index (χ2v) is 13.1. The zero-order valence-corrected chi connectivity index (χ0v) is 27.6. The predicted molar refractivity (Wildman–Crippen MR) is 166 cm³/mol. The number of benzene rings is 1. The zero-order chi connectivity index (χ0) is 34.4. The normalized spacial score (nSPS) is 22.4. The molecule has 2 fully saturated rings. The van der Waals surface area contributed by atoms with Gasteiger partial charge in [0.25, 0.3) is 11.8 Å². The molecule has 0 spiro atoms. The first-order valence-corrected chi connectivity index (χ1v) is 16.3. The molecule has 2 N–H and O–H groups in total. The number of halogens is 3. The third-order valence-corrected chi connectivity index (χ3v) is 9.77. The van der Waals surface area contributed by atoms with Crippen LogP contribution in [0.3, 0.4) is 0 Å². The first kappa shape index (κ1) is 36.0. The number of aryl methyl sites for hydroxylation is 1. The highest BCUT2D eigenvalue weighted by Crippen LogP contribution is 2.32. The maximum absolute atomic E-state index is 15.6. The van der Waals surface area contributed by atoms with Crippen LogP contribution in [0.2, 0.25) is 0 Å². The van der Waals surface area contributed by atoms with Crippen LogP contribution in [-0.2, 0) is 27.2 Å². The van der Waals surface area contributed by atoms with Gasteiger partial charge in [0.05, 0.1) is 6.04 Å². The molecule has 258 valence electrons. The maximum Gasteiger partial charge on any atom is 0.315 e. The monoisotopic (exact) mass is 662 g/mol. The Morgan fingerprint density at radius 1 is 1.04 bits per heavy atom. The minimum atomic E-state index is -3.33. The first-order chi connectivity index (χ1) is 22.3. The molecule has 1 saturated carbocycles. The van der Waals surface area contributed by atoms with E-state index in [0.29, 0.717) is 43.2 Å². The first-order valence-electron chi connectivity index (χ1n) is 16.3. The van der Waals surface area contributed by atoms with E-state index in [1.807, 2.05) is 14.0 Å². The van der Waals surface area contributed by atoms with Crippen molar-refractivity contribution in [2.45, 2.75) is 96.7 Å². The molecule has 4 rings (SSSR count). The van der Waals surface area contributed by atoms with E-state index in [2.05, 4.69) is 32.8 Å². The summed E-state index contributed by atoms with van der Waals surface area (Å²) in [6.07, 6.45) is 0.00972. The van der Waals surface area contributed by atoms with Gasteiger partial charge in [0, 0.05) is 38.0 Å². The largest absolute Gasteiger partial charge is 0.340 e. The van der Waals surface area contributed by atoms with Gasteiger partial charge >= 0.3 is 6.43 Å². The van der Waals surface area contributed by atoms with Crippen LogP contribution in [0, 0.1) is 17.7 Å². The van der Waals surface area contributed by atoms with Gasteiger partial charge in [-0.25, -0.2) is 9.02 Å². The molecule has 2 aromatic rings. The van der Waals surface area contributed by atoms with Crippen LogP contribution in [0.5, 0.6) is 0 Å². The molecule has 1 saturated heterocycles. The Bertz CT molecular complexity index is 1430. The Hall–Kier alpha value is -3.81. The number of nitrogens with one attached hydrogen (secondary N) is 2. The molecule has 14 heteroatoms. The Morgan fingerprint density at radius 3 is 2.36 bits per heavy atom. The summed E-state index contributed by atoms with van der Waals surface area (Å²) in [5, 5.41) is 12.4. The van der Waals surface area contributed by atoms with Crippen molar-refractivity contribution in [3.05, 3.63) is 46.5 Å². The lowest BCUT2D eigenvalue weighted by Crippen LogP contribution is -2.58. The topological polar surface area (TPSA) is 138 Å². The number of hydrogen-bond donors (Lipinski definition) is 2. The summed E-state index contributed by atoms with van der Waals surface area (Å²) in [7, 11) is 1.92. The Balaban J connectivity index is 1.53. The highest BCUT2D eigenvalue weighted by Gasteiger charge is 2.37. The van der Waals surface area contributed by atoms with Crippen molar-refractivity contribution in [2.24, 2.45) is 11.8 Å². The molecule has 4 atom stereocenters. The van der Waals surface area contributed by atoms with Crippen molar-refractivity contribution in [3.8, 4) is 0 Å². The van der Waals surface area contributed by atoms with Crippen molar-refractivity contribution in [3.63, 3.8) is 0 Å². The fraction of sp³-hybridized carbons (Fsp3) is 0.636. The molecular weight excluding hydrogens is 617 g/mol. The molecule has 2 heterocycles. The second kappa shape index (κ2) is 15.9. The molecule has 1 aromatic heterocycles. The fourth-order valence-electron chi connectivity index (χ4n) is 6.44. The number of carbonyl (C=O) groups is 4. The molecule has 0 unspecified atom stereocenters. The molecule has 47 heavy (non-hydrogen) atoms. The Morgan fingerprint density at radius 2 is 1.74 bits per heavy atom. The van der Waals surface area contributed by atoms with Crippen LogP contribution >= 0.6 is 0 Å². The number of aromatic nitrogens is 2. The number of hydrogen-bond acceptors (Lipinski definition) is 8. The average Bonchev–Trinajstić information content (AvgIpc) is 3.53. The molecule has 1 aromatic carbocycles. The molecule has 1 aliphatic carbocycles. The van der Waals surface area contributed by atoms with Crippen LogP contribution in [0.4, 0.5) is 13.2 Å². The third kappa shape index (κ3) is 8.76. The molecule has 0 radical (unpaired) electrons. The van der Waals surface area contributed by atoms with Crippen molar-refractivity contribution >= 4 is 23.5 Å². The average molecular weight is 663 g/mol. The molecule has 2 aliphatic rings. The number of carbonyl (C=O) groups excluding carboxylic acids is 4. The standard InChI is InChI=1S/C33H45F3N6O5/c1-6-25-29(40-47-39-25)31(44)38-28(21-9-7-18(2)8-10-21)26(43)16-23-12-11-22(15-24(23)34)20(4)27(37-32(45)30(35)36)33(46)42-14-13-41(5)19(3)17-42/h11-12,15,18-21,27-28,30H,6-10,13-14,16-17H2,1-5H3,(H,37,45)(H,38,44)/t18?,19-,20-,21?,27+,28-/m0/s1. The summed E-state index contributed by atoms with van der Waals surface area (Å²) in [6, 6.07) is 1.90. The van der Waals surface area contributed by atoms with Gasteiger partial charge < -0.3 is 20.4 Å². The van der Waals surface area contributed by atoms with Gasteiger partial charge in [0.1, 0.15) is 17.6 Å². The Kier molecular flexibility index (Phi) is 12.2. The van der Waals surface area contributed by atoms with Gasteiger partial charge in [-0.05, 0) is 67.4 Å². The van der Waals surface area contributed by atoms with E-state index in [4.69, 9.17) is 4.63 Å². The van der Waals surface area contributed by atoms with Gasteiger partial charge in [-0.2, -0.15) is 8.78 Å². The quantitative estimate of drug-likeness (QED) is 0.352. The number of piperazine rings is 1. The van der Waals surface area contributed by atoms with Crippen LogP contribution in [0.1, 0.15) is 86.6 Å². The summed E-state index contributed by atoms with van der Waals surface area (Å²) >= 11 is 0. The Labute approximate surface area is 272 Å². The van der Waals surface area contributed by atoms with Crippen molar-refractivity contribution < 1.29 is 37.0 Å². The lowest BCUT2D eigenvalue weighted by molar-refractivity contribution is -0.142. The third-order valence-electron chi connectivity index (χ3n) is 9.77. The number of rotatable bonds is 12. The van der Waals surface area contributed by atoms with Crippen molar-refractivity contribution in [1.29, 1.82) is 0 Å². The van der Waals surface area contributed by atoms with E-state index >= 15 is 4.39 Å².